The molecule has 2 aliphatic rings. The molecule has 13 heavy (non-hydrogen) atoms. The van der Waals surface area contributed by atoms with E-state index in [0.717, 1.165) is 13.2 Å². The molecule has 1 saturated heterocycles. The van der Waals surface area contributed by atoms with E-state index in [9.17, 15) is 0 Å². The maximum Gasteiger partial charge on any atom is 0.0674 e. The van der Waals surface area contributed by atoms with Gasteiger partial charge in [-0.05, 0) is 33.6 Å². The number of hydrogen-bond acceptors (Lipinski definition) is 2. The van der Waals surface area contributed by atoms with Gasteiger partial charge in [-0.2, -0.15) is 0 Å². The average molecular weight is 183 g/mol. The fourth-order valence-electron chi connectivity index (χ4n) is 2.12. The van der Waals surface area contributed by atoms with Crippen molar-refractivity contribution in [2.75, 3.05) is 19.7 Å². The highest BCUT2D eigenvalue weighted by molar-refractivity contribution is 4.97. The molecule has 2 heteroatoms. The minimum Gasteiger partial charge on any atom is -0.377 e. The van der Waals surface area contributed by atoms with Gasteiger partial charge in [-0.25, -0.2) is 0 Å². The third kappa shape index (κ3) is 2.05. The van der Waals surface area contributed by atoms with Crippen LogP contribution in [-0.2, 0) is 4.74 Å². The van der Waals surface area contributed by atoms with E-state index in [1.807, 2.05) is 0 Å². The van der Waals surface area contributed by atoms with Gasteiger partial charge in [-0.1, -0.05) is 0 Å². The lowest BCUT2D eigenvalue weighted by molar-refractivity contribution is 0.0493. The van der Waals surface area contributed by atoms with E-state index < -0.39 is 0 Å². The van der Waals surface area contributed by atoms with Crippen LogP contribution in [0.1, 0.15) is 33.6 Å². The molecular weight excluding hydrogens is 162 g/mol. The van der Waals surface area contributed by atoms with Crippen LogP contribution in [0, 0.1) is 5.41 Å². The molecule has 0 aromatic carbocycles. The second kappa shape index (κ2) is 3.25. The van der Waals surface area contributed by atoms with Crippen molar-refractivity contribution in [1.82, 2.24) is 4.90 Å². The second-order valence-corrected chi connectivity index (χ2v) is 5.14. The summed E-state index contributed by atoms with van der Waals surface area (Å²) in [7, 11) is 0. The van der Waals surface area contributed by atoms with Crippen LogP contribution in [-0.4, -0.2) is 36.7 Å². The van der Waals surface area contributed by atoms with Crippen LogP contribution in [0.5, 0.6) is 0 Å². The minimum atomic E-state index is 0.419. The number of nitrogens with zero attached hydrogens (tertiary/aromatic N) is 1. The monoisotopic (exact) mass is 183 g/mol. The van der Waals surface area contributed by atoms with Crippen LogP contribution in [0.15, 0.2) is 0 Å². The molecule has 0 unspecified atom stereocenters. The molecule has 76 valence electrons. The summed E-state index contributed by atoms with van der Waals surface area (Å²) in [5, 5.41) is 0. The van der Waals surface area contributed by atoms with Gasteiger partial charge >= 0.3 is 0 Å². The lowest BCUT2D eigenvalue weighted by Gasteiger charge is -2.27. The Bertz CT molecular complexity index is 187. The molecule has 0 amide bonds. The van der Waals surface area contributed by atoms with Gasteiger partial charge in [0.25, 0.3) is 0 Å². The third-order valence-electron chi connectivity index (χ3n) is 3.39. The zero-order valence-electron chi connectivity index (χ0n) is 9.05. The Morgan fingerprint density at radius 3 is 2.62 bits per heavy atom. The lowest BCUT2D eigenvalue weighted by Crippen LogP contribution is -2.38. The normalized spacial score (nSPS) is 33.7. The summed E-state index contributed by atoms with van der Waals surface area (Å²) in [5.41, 5.74) is 0.551. The quantitative estimate of drug-likeness (QED) is 0.615. The van der Waals surface area contributed by atoms with Crippen LogP contribution < -0.4 is 0 Å². The Morgan fingerprint density at radius 2 is 2.08 bits per heavy atom. The largest absolute Gasteiger partial charge is 0.377 e. The molecule has 2 rings (SSSR count). The molecule has 1 spiro atoms. The summed E-state index contributed by atoms with van der Waals surface area (Å²) in [6.07, 6.45) is 3.17. The number of rotatable bonds is 1. The fourth-order valence-corrected chi connectivity index (χ4v) is 2.12. The zero-order chi connectivity index (χ0) is 9.47. The maximum absolute atomic E-state index is 5.82. The van der Waals surface area contributed by atoms with Crippen molar-refractivity contribution in [2.45, 2.75) is 45.8 Å². The van der Waals surface area contributed by atoms with Gasteiger partial charge in [0, 0.05) is 24.5 Å². The average Bonchev–Trinajstić information content (AvgIpc) is 2.82. The highest BCUT2D eigenvalue weighted by Crippen LogP contribution is 2.47. The van der Waals surface area contributed by atoms with E-state index in [2.05, 4.69) is 25.7 Å². The first-order valence-electron chi connectivity index (χ1n) is 5.47. The zero-order valence-corrected chi connectivity index (χ0v) is 9.05. The van der Waals surface area contributed by atoms with Crippen LogP contribution >= 0.6 is 0 Å². The Balaban J connectivity index is 2.01. The molecule has 2 fully saturated rings. The lowest BCUT2D eigenvalue weighted by atomic mass is 10.1. The highest BCUT2D eigenvalue weighted by atomic mass is 16.5. The van der Waals surface area contributed by atoms with Gasteiger partial charge in [0.05, 0.1) is 12.7 Å². The molecule has 0 aromatic rings. The van der Waals surface area contributed by atoms with E-state index in [1.165, 1.54) is 19.4 Å². The second-order valence-electron chi connectivity index (χ2n) is 5.14. The van der Waals surface area contributed by atoms with Crippen molar-refractivity contribution >= 4 is 0 Å². The molecule has 1 atom stereocenters. The first kappa shape index (κ1) is 9.47. The fraction of sp³-hybridized carbons (Fsp3) is 1.00. The summed E-state index contributed by atoms with van der Waals surface area (Å²) in [6.45, 7) is 10.1. The third-order valence-corrected chi connectivity index (χ3v) is 3.39. The summed E-state index contributed by atoms with van der Waals surface area (Å²) in [6, 6.07) is 0.668. The first-order chi connectivity index (χ1) is 6.11. The molecule has 1 heterocycles. The van der Waals surface area contributed by atoms with E-state index in [4.69, 9.17) is 4.74 Å². The summed E-state index contributed by atoms with van der Waals surface area (Å²) < 4.78 is 5.82. The maximum atomic E-state index is 5.82. The van der Waals surface area contributed by atoms with Crippen molar-refractivity contribution in [2.24, 2.45) is 5.41 Å². The van der Waals surface area contributed by atoms with Gasteiger partial charge in [0.2, 0.25) is 0 Å². The van der Waals surface area contributed by atoms with E-state index in [0.29, 0.717) is 17.6 Å². The van der Waals surface area contributed by atoms with Crippen molar-refractivity contribution in [1.29, 1.82) is 0 Å². The smallest absolute Gasteiger partial charge is 0.0674 e. The Hall–Kier alpha value is -0.0800. The molecule has 2 nitrogen and oxygen atoms in total. The molecule has 1 aliphatic heterocycles. The van der Waals surface area contributed by atoms with Crippen molar-refractivity contribution < 1.29 is 4.74 Å². The topological polar surface area (TPSA) is 12.5 Å². The predicted molar refractivity (Wildman–Crippen MR) is 53.8 cm³/mol. The van der Waals surface area contributed by atoms with E-state index in [-0.39, 0.29) is 0 Å². The predicted octanol–water partition coefficient (Wildman–Crippen LogP) is 1.90. The molecule has 0 aromatic heterocycles. The van der Waals surface area contributed by atoms with Crippen LogP contribution in [0.2, 0.25) is 0 Å². The first-order valence-corrected chi connectivity index (χ1v) is 5.47. The Labute approximate surface area is 81.3 Å². The van der Waals surface area contributed by atoms with Gasteiger partial charge in [0.1, 0.15) is 0 Å². The van der Waals surface area contributed by atoms with Crippen LogP contribution in [0.3, 0.4) is 0 Å². The Kier molecular flexibility index (Phi) is 2.37. The molecule has 1 saturated carbocycles. The molecule has 0 bridgehead atoms. The molecule has 0 radical (unpaired) electrons. The van der Waals surface area contributed by atoms with Crippen molar-refractivity contribution in [3.63, 3.8) is 0 Å². The van der Waals surface area contributed by atoms with Gasteiger partial charge in [-0.3, -0.25) is 4.90 Å². The SMILES string of the molecule is CC(C)N1C[C@H](C)OCC2(CC2)C1. The van der Waals surface area contributed by atoms with Crippen molar-refractivity contribution in [3.05, 3.63) is 0 Å². The van der Waals surface area contributed by atoms with Crippen LogP contribution in [0.25, 0.3) is 0 Å². The van der Waals surface area contributed by atoms with Gasteiger partial charge in [0.15, 0.2) is 0 Å². The number of ether oxygens (including phenoxy) is 1. The number of hydrogen-bond donors (Lipinski definition) is 0. The van der Waals surface area contributed by atoms with Gasteiger partial charge in [-0.15, -0.1) is 0 Å². The van der Waals surface area contributed by atoms with E-state index in [1.54, 1.807) is 0 Å². The molecule has 0 N–H and O–H groups in total. The summed E-state index contributed by atoms with van der Waals surface area (Å²) in [5.74, 6) is 0. The summed E-state index contributed by atoms with van der Waals surface area (Å²) >= 11 is 0. The minimum absolute atomic E-state index is 0.419. The molecule has 1 aliphatic carbocycles. The molecular formula is C11H21NO. The Morgan fingerprint density at radius 1 is 1.38 bits per heavy atom. The van der Waals surface area contributed by atoms with Gasteiger partial charge < -0.3 is 4.74 Å². The standard InChI is InChI=1S/C11H21NO/c1-9(2)12-6-10(3)13-8-11(7-12)4-5-11/h9-10H,4-8H2,1-3H3/t10-/m0/s1. The summed E-state index contributed by atoms with van der Waals surface area (Å²) in [4.78, 5) is 2.57. The van der Waals surface area contributed by atoms with Crippen molar-refractivity contribution in [3.8, 4) is 0 Å². The van der Waals surface area contributed by atoms with E-state index >= 15 is 0 Å². The van der Waals surface area contributed by atoms with Crippen LogP contribution in [0.4, 0.5) is 0 Å². The highest BCUT2D eigenvalue weighted by Gasteiger charge is 2.46.